The highest BCUT2D eigenvalue weighted by Crippen LogP contribution is 2.32. The zero-order valence-corrected chi connectivity index (χ0v) is 19.6. The number of hydrogen-bond donors (Lipinski definition) is 1. The Morgan fingerprint density at radius 1 is 1.06 bits per heavy atom. The van der Waals surface area contributed by atoms with Gasteiger partial charge in [-0.2, -0.15) is 8.42 Å². The van der Waals surface area contributed by atoms with Gasteiger partial charge >= 0.3 is 0 Å². The lowest BCUT2D eigenvalue weighted by atomic mass is 9.90. The van der Waals surface area contributed by atoms with Crippen LogP contribution in [0.2, 0.25) is 0 Å². The van der Waals surface area contributed by atoms with Crippen LogP contribution in [0.5, 0.6) is 0 Å². The van der Waals surface area contributed by atoms with Crippen molar-refractivity contribution in [1.82, 2.24) is 9.80 Å². The largest absolute Gasteiger partial charge is 0.362 e. The minimum Gasteiger partial charge on any atom is -0.362 e. The van der Waals surface area contributed by atoms with Crippen molar-refractivity contribution in [2.45, 2.75) is 43.5 Å². The van der Waals surface area contributed by atoms with Crippen LogP contribution in [-0.4, -0.2) is 56.0 Å². The molecule has 0 radical (unpaired) electrons. The van der Waals surface area contributed by atoms with Gasteiger partial charge in [0.2, 0.25) is 11.8 Å². The number of nitrogens with zero attached hydrogens (tertiary/aromatic N) is 3. The van der Waals surface area contributed by atoms with Crippen molar-refractivity contribution in [3.63, 3.8) is 0 Å². The molecule has 0 spiro atoms. The van der Waals surface area contributed by atoms with Gasteiger partial charge in [0.1, 0.15) is 5.84 Å². The second kappa shape index (κ2) is 9.35. The first-order chi connectivity index (χ1) is 15.7. The van der Waals surface area contributed by atoms with Crippen LogP contribution >= 0.6 is 0 Å². The third-order valence-corrected chi connectivity index (χ3v) is 7.51. The molecule has 0 aliphatic carbocycles. The molecule has 2 aliphatic heterocycles. The van der Waals surface area contributed by atoms with Crippen LogP contribution in [0.4, 0.5) is 5.69 Å². The molecule has 174 valence electrons. The molecule has 2 aromatic rings. The third kappa shape index (κ3) is 5.08. The number of likely N-dealkylation sites (tertiary alicyclic amines) is 1. The lowest BCUT2D eigenvalue weighted by molar-refractivity contribution is -0.132. The summed E-state index contributed by atoms with van der Waals surface area (Å²) in [5, 5.41) is 2.82. The van der Waals surface area contributed by atoms with E-state index in [1.807, 2.05) is 36.2 Å². The molecule has 0 aromatic heterocycles. The van der Waals surface area contributed by atoms with E-state index in [4.69, 9.17) is 0 Å². The number of benzene rings is 2. The summed E-state index contributed by atoms with van der Waals surface area (Å²) in [7, 11) is -1.97. The number of carbonyl (C=O) groups is 2. The molecule has 4 rings (SSSR count). The van der Waals surface area contributed by atoms with Crippen molar-refractivity contribution in [2.24, 2.45) is 4.40 Å². The van der Waals surface area contributed by atoms with E-state index in [-0.39, 0.29) is 29.2 Å². The highest BCUT2D eigenvalue weighted by Gasteiger charge is 2.30. The number of amidine groups is 1. The van der Waals surface area contributed by atoms with Crippen LogP contribution < -0.4 is 5.32 Å². The van der Waals surface area contributed by atoms with Crippen LogP contribution in [0.3, 0.4) is 0 Å². The predicted octanol–water partition coefficient (Wildman–Crippen LogP) is 2.97. The first kappa shape index (κ1) is 23.0. The minimum absolute atomic E-state index is 0.0635. The number of carbonyl (C=O) groups excluding carboxylic acids is 2. The molecule has 2 aromatic carbocycles. The molecule has 1 saturated heterocycles. The summed E-state index contributed by atoms with van der Waals surface area (Å²) in [4.78, 5) is 28.6. The second-order valence-electron chi connectivity index (χ2n) is 8.46. The van der Waals surface area contributed by atoms with Gasteiger partial charge in [0, 0.05) is 39.2 Å². The molecule has 2 amide bonds. The number of sulfonamides is 1. The Kier molecular flexibility index (Phi) is 6.51. The molecular formula is C24H28N4O4S. The van der Waals surface area contributed by atoms with E-state index in [9.17, 15) is 18.0 Å². The summed E-state index contributed by atoms with van der Waals surface area (Å²) in [6.45, 7) is 2.89. The summed E-state index contributed by atoms with van der Waals surface area (Å²) in [5.74, 6) is 0.257. The molecule has 1 unspecified atom stereocenters. The summed E-state index contributed by atoms with van der Waals surface area (Å²) in [6.07, 6.45) is 2.42. The number of amides is 2. The Bertz CT molecular complexity index is 1190. The Labute approximate surface area is 194 Å². The summed E-state index contributed by atoms with van der Waals surface area (Å²) >= 11 is 0. The standard InChI is InChI=1S/C24H28N4O4S/c1-17(29)28-15-13-18-6-3-4-7-21(18)22(28)16-24(30)25-19-9-11-20(12-10-19)33(31,32)26-23-8-5-14-27(23)2/h3-4,6-7,9-12,22H,5,8,13-16H2,1-2H3,(H,25,30)/b26-23+. The van der Waals surface area contributed by atoms with Crippen molar-refractivity contribution < 1.29 is 18.0 Å². The summed E-state index contributed by atoms with van der Waals surface area (Å²) in [5.41, 5.74) is 2.63. The summed E-state index contributed by atoms with van der Waals surface area (Å²) in [6, 6.07) is 13.6. The van der Waals surface area contributed by atoms with Gasteiger partial charge in [-0.15, -0.1) is 4.40 Å². The first-order valence-electron chi connectivity index (χ1n) is 11.0. The molecule has 1 N–H and O–H groups in total. The van der Waals surface area contributed by atoms with Crippen molar-refractivity contribution in [3.8, 4) is 0 Å². The molecule has 33 heavy (non-hydrogen) atoms. The minimum atomic E-state index is -3.81. The van der Waals surface area contributed by atoms with Crippen LogP contribution in [0, 0.1) is 0 Å². The fourth-order valence-corrected chi connectivity index (χ4v) is 5.54. The smallest absolute Gasteiger partial charge is 0.283 e. The van der Waals surface area contributed by atoms with E-state index in [1.54, 1.807) is 17.0 Å². The number of anilines is 1. The second-order valence-corrected chi connectivity index (χ2v) is 10.1. The van der Waals surface area contributed by atoms with Gasteiger partial charge in [0.25, 0.3) is 10.0 Å². The molecule has 0 bridgehead atoms. The van der Waals surface area contributed by atoms with Gasteiger partial charge in [0.15, 0.2) is 0 Å². The number of hydrogen-bond acceptors (Lipinski definition) is 4. The highest BCUT2D eigenvalue weighted by molar-refractivity contribution is 7.90. The van der Waals surface area contributed by atoms with Crippen molar-refractivity contribution in [2.75, 3.05) is 25.5 Å². The lowest BCUT2D eigenvalue weighted by Crippen LogP contribution is -2.40. The van der Waals surface area contributed by atoms with Crippen molar-refractivity contribution >= 4 is 33.4 Å². The monoisotopic (exact) mass is 468 g/mol. The number of fused-ring (bicyclic) bond motifs is 1. The zero-order chi connectivity index (χ0) is 23.6. The van der Waals surface area contributed by atoms with Gasteiger partial charge < -0.3 is 15.1 Å². The molecule has 1 atom stereocenters. The third-order valence-electron chi connectivity index (χ3n) is 6.19. The average Bonchev–Trinajstić information content (AvgIpc) is 3.17. The fourth-order valence-electron chi connectivity index (χ4n) is 4.45. The van der Waals surface area contributed by atoms with Crippen molar-refractivity contribution in [1.29, 1.82) is 0 Å². The molecule has 9 heteroatoms. The van der Waals surface area contributed by atoms with Crippen molar-refractivity contribution in [3.05, 3.63) is 59.7 Å². The Morgan fingerprint density at radius 3 is 2.45 bits per heavy atom. The Morgan fingerprint density at radius 2 is 1.79 bits per heavy atom. The molecular weight excluding hydrogens is 440 g/mol. The van der Waals surface area contributed by atoms with E-state index in [1.165, 1.54) is 19.1 Å². The van der Waals surface area contributed by atoms with E-state index in [2.05, 4.69) is 9.71 Å². The quantitative estimate of drug-likeness (QED) is 0.727. The van der Waals surface area contributed by atoms with E-state index in [0.29, 0.717) is 24.5 Å². The normalized spacial score (nSPS) is 19.5. The molecule has 1 fully saturated rings. The fraction of sp³-hybridized carbons (Fsp3) is 0.375. The SMILES string of the molecule is CC(=O)N1CCc2ccccc2C1CC(=O)Nc1ccc(S(=O)(=O)/N=C2\CCCN2C)cc1. The van der Waals surface area contributed by atoms with Gasteiger partial charge in [-0.25, -0.2) is 0 Å². The van der Waals surface area contributed by atoms with E-state index in [0.717, 1.165) is 30.5 Å². The Balaban J connectivity index is 1.46. The van der Waals surface area contributed by atoms with Gasteiger partial charge in [-0.05, 0) is 48.2 Å². The maximum Gasteiger partial charge on any atom is 0.283 e. The molecule has 8 nitrogen and oxygen atoms in total. The molecule has 2 aliphatic rings. The van der Waals surface area contributed by atoms with Crippen LogP contribution in [-0.2, 0) is 26.0 Å². The van der Waals surface area contributed by atoms with E-state index < -0.39 is 10.0 Å². The summed E-state index contributed by atoms with van der Waals surface area (Å²) < 4.78 is 29.2. The van der Waals surface area contributed by atoms with Crippen LogP contribution in [0.25, 0.3) is 0 Å². The lowest BCUT2D eigenvalue weighted by Gasteiger charge is -2.36. The first-order valence-corrected chi connectivity index (χ1v) is 12.5. The topological polar surface area (TPSA) is 99.2 Å². The predicted molar refractivity (Wildman–Crippen MR) is 126 cm³/mol. The molecule has 0 saturated carbocycles. The molecule has 2 heterocycles. The van der Waals surface area contributed by atoms with Crippen LogP contribution in [0.15, 0.2) is 57.8 Å². The number of rotatable bonds is 5. The van der Waals surface area contributed by atoms with Gasteiger partial charge in [-0.1, -0.05) is 24.3 Å². The van der Waals surface area contributed by atoms with Gasteiger partial charge in [-0.3, -0.25) is 9.59 Å². The van der Waals surface area contributed by atoms with Crippen LogP contribution in [0.1, 0.15) is 43.4 Å². The maximum absolute atomic E-state index is 12.8. The van der Waals surface area contributed by atoms with Gasteiger partial charge in [0.05, 0.1) is 17.4 Å². The highest BCUT2D eigenvalue weighted by atomic mass is 32.2. The van der Waals surface area contributed by atoms with E-state index >= 15 is 0 Å². The number of nitrogens with one attached hydrogen (secondary N) is 1. The zero-order valence-electron chi connectivity index (χ0n) is 18.8. The maximum atomic E-state index is 12.8. The average molecular weight is 469 g/mol. The Hall–Kier alpha value is -3.20.